The smallest absolute Gasteiger partial charge is 0.240 e. The first kappa shape index (κ1) is 12.9. The highest BCUT2D eigenvalue weighted by atomic mass is 35.5. The van der Waals surface area contributed by atoms with Crippen LogP contribution in [0.5, 0.6) is 11.6 Å². The van der Waals surface area contributed by atoms with Crippen LogP contribution >= 0.6 is 23.2 Å². The molecule has 94 valence electrons. The molecule has 3 nitrogen and oxygen atoms in total. The molecular formula is C11H6Cl2F2N2O. The van der Waals surface area contributed by atoms with Crippen LogP contribution in [0.4, 0.5) is 14.6 Å². The lowest BCUT2D eigenvalue weighted by Crippen LogP contribution is -1.96. The highest BCUT2D eigenvalue weighted by molar-refractivity contribution is 6.36. The molecule has 7 heteroatoms. The first-order valence-corrected chi connectivity index (χ1v) is 5.47. The van der Waals surface area contributed by atoms with E-state index in [1.165, 1.54) is 12.1 Å². The second-order valence-corrected chi connectivity index (χ2v) is 4.13. The van der Waals surface area contributed by atoms with Crippen molar-refractivity contribution in [1.82, 2.24) is 4.98 Å². The molecular weight excluding hydrogens is 285 g/mol. The van der Waals surface area contributed by atoms with Crippen LogP contribution in [0, 0.1) is 11.6 Å². The Morgan fingerprint density at radius 2 is 1.78 bits per heavy atom. The van der Waals surface area contributed by atoms with Gasteiger partial charge in [0.15, 0.2) is 11.6 Å². The van der Waals surface area contributed by atoms with Crippen molar-refractivity contribution in [2.45, 2.75) is 0 Å². The molecule has 0 saturated carbocycles. The van der Waals surface area contributed by atoms with E-state index in [1.807, 2.05) is 0 Å². The van der Waals surface area contributed by atoms with Gasteiger partial charge in [-0.15, -0.1) is 0 Å². The third kappa shape index (κ3) is 2.63. The Bertz CT molecular complexity index is 608. The Hall–Kier alpha value is -1.59. The SMILES string of the molecule is Nc1nc(Oc2ccc(F)c(F)c2)c(Cl)cc1Cl. The number of rotatable bonds is 2. The van der Waals surface area contributed by atoms with Crippen LogP contribution in [0.2, 0.25) is 10.0 Å². The van der Waals surface area contributed by atoms with Crippen molar-refractivity contribution in [3.05, 3.63) is 45.9 Å². The number of halogens is 4. The Morgan fingerprint density at radius 3 is 2.44 bits per heavy atom. The van der Waals surface area contributed by atoms with Crippen LogP contribution in [0.25, 0.3) is 0 Å². The predicted octanol–water partition coefficient (Wildman–Crippen LogP) is 4.04. The molecule has 2 aromatic rings. The second kappa shape index (κ2) is 4.96. The van der Waals surface area contributed by atoms with Crippen molar-refractivity contribution < 1.29 is 13.5 Å². The summed E-state index contributed by atoms with van der Waals surface area (Å²) in [6.07, 6.45) is 0. The van der Waals surface area contributed by atoms with E-state index in [9.17, 15) is 8.78 Å². The number of ether oxygens (including phenoxy) is 1. The minimum absolute atomic E-state index is 0.0265. The summed E-state index contributed by atoms with van der Waals surface area (Å²) in [6.45, 7) is 0. The van der Waals surface area contributed by atoms with Gasteiger partial charge in [0, 0.05) is 6.07 Å². The Balaban J connectivity index is 2.34. The molecule has 0 saturated heterocycles. The summed E-state index contributed by atoms with van der Waals surface area (Å²) < 4.78 is 30.9. The van der Waals surface area contributed by atoms with Gasteiger partial charge in [0.05, 0.1) is 5.02 Å². The molecule has 0 spiro atoms. The van der Waals surface area contributed by atoms with Crippen molar-refractivity contribution in [2.24, 2.45) is 0 Å². The Labute approximate surface area is 111 Å². The number of anilines is 1. The van der Waals surface area contributed by atoms with E-state index < -0.39 is 11.6 Å². The lowest BCUT2D eigenvalue weighted by Gasteiger charge is -2.08. The predicted molar refractivity (Wildman–Crippen MR) is 65.1 cm³/mol. The molecule has 0 unspecified atom stereocenters. The molecule has 2 N–H and O–H groups in total. The van der Waals surface area contributed by atoms with Crippen LogP contribution in [-0.4, -0.2) is 4.98 Å². The van der Waals surface area contributed by atoms with E-state index >= 15 is 0 Å². The number of nitrogens with zero attached hydrogens (tertiary/aromatic N) is 1. The second-order valence-electron chi connectivity index (χ2n) is 3.32. The van der Waals surface area contributed by atoms with Gasteiger partial charge in [0.2, 0.25) is 5.88 Å². The zero-order valence-corrected chi connectivity index (χ0v) is 10.3. The maximum Gasteiger partial charge on any atom is 0.240 e. The fourth-order valence-corrected chi connectivity index (χ4v) is 1.58. The molecule has 1 aromatic carbocycles. The lowest BCUT2D eigenvalue weighted by atomic mass is 10.3. The summed E-state index contributed by atoms with van der Waals surface area (Å²) in [6, 6.07) is 4.39. The standard InChI is InChI=1S/C11H6Cl2F2N2O/c12-6-4-7(13)11(17-10(6)16)18-5-1-2-8(14)9(15)3-5/h1-4H,(H2,16,17). The molecule has 0 bridgehead atoms. The fourth-order valence-electron chi connectivity index (χ4n) is 1.19. The van der Waals surface area contributed by atoms with Crippen LogP contribution in [0.15, 0.2) is 24.3 Å². The first-order chi connectivity index (χ1) is 8.47. The van der Waals surface area contributed by atoms with Gasteiger partial charge in [-0.1, -0.05) is 23.2 Å². The summed E-state index contributed by atoms with van der Waals surface area (Å²) in [5, 5.41) is 0.288. The normalized spacial score (nSPS) is 10.4. The van der Waals surface area contributed by atoms with E-state index in [2.05, 4.69) is 4.98 Å². The van der Waals surface area contributed by atoms with Crippen LogP contribution in [-0.2, 0) is 0 Å². The van der Waals surface area contributed by atoms with E-state index in [1.54, 1.807) is 0 Å². The minimum atomic E-state index is -1.04. The number of hydrogen-bond acceptors (Lipinski definition) is 3. The molecule has 0 atom stereocenters. The van der Waals surface area contributed by atoms with E-state index in [4.69, 9.17) is 33.7 Å². The number of benzene rings is 1. The summed E-state index contributed by atoms with van der Waals surface area (Å²) in [5.74, 6) is -1.98. The van der Waals surface area contributed by atoms with Gasteiger partial charge in [0.25, 0.3) is 0 Å². The molecule has 0 fully saturated rings. The molecule has 0 aliphatic carbocycles. The Kier molecular flexibility index (Phi) is 3.54. The number of nitrogen functional groups attached to an aromatic ring is 1. The van der Waals surface area contributed by atoms with Crippen LogP contribution < -0.4 is 10.5 Å². The lowest BCUT2D eigenvalue weighted by molar-refractivity contribution is 0.448. The fraction of sp³-hybridized carbons (Fsp3) is 0. The third-order valence-electron chi connectivity index (χ3n) is 2.03. The zero-order valence-electron chi connectivity index (χ0n) is 8.75. The van der Waals surface area contributed by atoms with Crippen LogP contribution in [0.3, 0.4) is 0 Å². The number of nitrogens with two attached hydrogens (primary N) is 1. The zero-order chi connectivity index (χ0) is 13.3. The molecule has 1 heterocycles. The minimum Gasteiger partial charge on any atom is -0.437 e. The van der Waals surface area contributed by atoms with Crippen molar-refractivity contribution in [1.29, 1.82) is 0 Å². The van der Waals surface area contributed by atoms with Gasteiger partial charge in [-0.25, -0.2) is 8.78 Å². The van der Waals surface area contributed by atoms with E-state index in [0.29, 0.717) is 0 Å². The van der Waals surface area contributed by atoms with Crippen molar-refractivity contribution in [2.75, 3.05) is 5.73 Å². The maximum absolute atomic E-state index is 13.0. The Morgan fingerprint density at radius 1 is 1.06 bits per heavy atom. The van der Waals surface area contributed by atoms with E-state index in [0.717, 1.165) is 12.1 Å². The van der Waals surface area contributed by atoms with Crippen LogP contribution in [0.1, 0.15) is 0 Å². The van der Waals surface area contributed by atoms with Gasteiger partial charge in [-0.05, 0) is 18.2 Å². The quantitative estimate of drug-likeness (QED) is 0.908. The molecule has 2 rings (SSSR count). The van der Waals surface area contributed by atoms with Gasteiger partial charge < -0.3 is 10.5 Å². The van der Waals surface area contributed by atoms with Gasteiger partial charge >= 0.3 is 0 Å². The summed E-state index contributed by atoms with van der Waals surface area (Å²) in [5.41, 5.74) is 5.48. The maximum atomic E-state index is 13.0. The largest absolute Gasteiger partial charge is 0.437 e. The van der Waals surface area contributed by atoms with Crippen molar-refractivity contribution in [3.8, 4) is 11.6 Å². The average molecular weight is 291 g/mol. The highest BCUT2D eigenvalue weighted by Gasteiger charge is 2.11. The number of hydrogen-bond donors (Lipinski definition) is 1. The molecule has 0 radical (unpaired) electrons. The van der Waals surface area contributed by atoms with Gasteiger partial charge in [-0.2, -0.15) is 4.98 Å². The molecule has 0 aliphatic rings. The van der Waals surface area contributed by atoms with Crippen molar-refractivity contribution >= 4 is 29.0 Å². The van der Waals surface area contributed by atoms with Gasteiger partial charge in [0.1, 0.15) is 16.6 Å². The van der Waals surface area contributed by atoms with Crippen molar-refractivity contribution in [3.63, 3.8) is 0 Å². The molecule has 0 amide bonds. The molecule has 0 aliphatic heterocycles. The molecule has 18 heavy (non-hydrogen) atoms. The third-order valence-corrected chi connectivity index (χ3v) is 2.60. The van der Waals surface area contributed by atoms with E-state index in [-0.39, 0.29) is 27.5 Å². The summed E-state index contributed by atoms with van der Waals surface area (Å²) in [7, 11) is 0. The molecule has 1 aromatic heterocycles. The first-order valence-electron chi connectivity index (χ1n) is 4.72. The number of pyridine rings is 1. The highest BCUT2D eigenvalue weighted by Crippen LogP contribution is 2.32. The van der Waals surface area contributed by atoms with Gasteiger partial charge in [-0.3, -0.25) is 0 Å². The summed E-state index contributed by atoms with van der Waals surface area (Å²) in [4.78, 5) is 3.80. The summed E-state index contributed by atoms with van der Waals surface area (Å²) >= 11 is 11.5. The topological polar surface area (TPSA) is 48.1 Å². The number of aromatic nitrogens is 1. The monoisotopic (exact) mass is 290 g/mol. The average Bonchev–Trinajstić information content (AvgIpc) is 2.31.